The van der Waals surface area contributed by atoms with Crippen molar-refractivity contribution < 1.29 is 24.2 Å². The zero-order valence-electron chi connectivity index (χ0n) is 20.6. The molecule has 1 saturated heterocycles. The number of carboxylic acids is 1. The van der Waals surface area contributed by atoms with Crippen molar-refractivity contribution >= 4 is 18.0 Å². The van der Waals surface area contributed by atoms with Crippen LogP contribution in [0.4, 0.5) is 4.79 Å². The number of aliphatic carboxylic acids is 1. The molecule has 186 valence electrons. The second-order valence-electron chi connectivity index (χ2n) is 10.6. The molecule has 2 aromatic rings. The first-order valence-corrected chi connectivity index (χ1v) is 12.3. The van der Waals surface area contributed by atoms with Gasteiger partial charge in [0.15, 0.2) is 0 Å². The van der Waals surface area contributed by atoms with E-state index >= 15 is 0 Å². The Hall–Kier alpha value is -3.35. The third kappa shape index (κ3) is 5.50. The Kier molecular flexibility index (Phi) is 7.15. The molecule has 0 radical (unpaired) electrons. The number of nitrogens with zero attached hydrogens (tertiary/aromatic N) is 1. The number of fused-ring (bicyclic) bond motifs is 3. The molecule has 2 aliphatic rings. The molecule has 0 spiro atoms. The Labute approximate surface area is 206 Å². The minimum Gasteiger partial charge on any atom is -0.481 e. The lowest BCUT2D eigenvalue weighted by molar-refractivity contribution is -0.137. The molecule has 1 unspecified atom stereocenters. The summed E-state index contributed by atoms with van der Waals surface area (Å²) in [4.78, 5) is 38.8. The second-order valence-corrected chi connectivity index (χ2v) is 10.6. The molecule has 0 aromatic heterocycles. The number of carboxylic acid groups (broad SMARTS) is 1. The van der Waals surface area contributed by atoms with E-state index in [4.69, 9.17) is 9.84 Å². The highest BCUT2D eigenvalue weighted by atomic mass is 16.5. The summed E-state index contributed by atoms with van der Waals surface area (Å²) < 4.78 is 5.68. The molecule has 1 heterocycles. The van der Waals surface area contributed by atoms with Crippen LogP contribution in [-0.4, -0.2) is 53.7 Å². The van der Waals surface area contributed by atoms with Crippen LogP contribution in [0.1, 0.15) is 57.1 Å². The van der Waals surface area contributed by atoms with E-state index < -0.39 is 23.5 Å². The largest absolute Gasteiger partial charge is 0.481 e. The van der Waals surface area contributed by atoms with Gasteiger partial charge in [-0.25, -0.2) is 4.79 Å². The Balaban J connectivity index is 1.39. The fraction of sp³-hybridized carbons (Fsp3) is 0.464. The highest BCUT2D eigenvalue weighted by Gasteiger charge is 2.39. The van der Waals surface area contributed by atoms with Gasteiger partial charge in [0, 0.05) is 25.4 Å². The van der Waals surface area contributed by atoms with Gasteiger partial charge in [0.25, 0.3) is 0 Å². The fourth-order valence-electron chi connectivity index (χ4n) is 5.19. The maximum absolute atomic E-state index is 13.3. The molecule has 2 aromatic carbocycles. The smallest absolute Gasteiger partial charge is 0.407 e. The number of hydrogen-bond donors (Lipinski definition) is 2. The van der Waals surface area contributed by atoms with Crippen molar-refractivity contribution in [3.63, 3.8) is 0 Å². The summed E-state index contributed by atoms with van der Waals surface area (Å²) in [7, 11) is 0. The maximum Gasteiger partial charge on any atom is 0.407 e. The Morgan fingerprint density at radius 2 is 1.66 bits per heavy atom. The van der Waals surface area contributed by atoms with Crippen LogP contribution in [-0.2, 0) is 14.3 Å². The number of nitrogens with one attached hydrogen (secondary N) is 1. The van der Waals surface area contributed by atoms with Crippen LogP contribution in [0.2, 0.25) is 0 Å². The first-order valence-electron chi connectivity index (χ1n) is 12.3. The number of alkyl carbamates (subject to hydrolysis) is 1. The Morgan fingerprint density at radius 3 is 2.23 bits per heavy atom. The van der Waals surface area contributed by atoms with Crippen molar-refractivity contribution in [2.75, 3.05) is 19.7 Å². The molecule has 35 heavy (non-hydrogen) atoms. The molecule has 0 bridgehead atoms. The number of carbonyl (C=O) groups is 3. The monoisotopic (exact) mass is 478 g/mol. The highest BCUT2D eigenvalue weighted by Crippen LogP contribution is 2.44. The summed E-state index contributed by atoms with van der Waals surface area (Å²) in [5.41, 5.74) is 4.07. The summed E-state index contributed by atoms with van der Waals surface area (Å²) in [6.07, 6.45) is 0.828. The van der Waals surface area contributed by atoms with Gasteiger partial charge in [0.1, 0.15) is 12.6 Å². The molecular formula is C28H34N2O5. The predicted molar refractivity (Wildman–Crippen MR) is 133 cm³/mol. The third-order valence-electron chi connectivity index (χ3n) is 7.08. The molecule has 1 aliphatic carbocycles. The summed E-state index contributed by atoms with van der Waals surface area (Å²) in [6.45, 7) is 7.02. The number of benzene rings is 2. The lowest BCUT2D eigenvalue weighted by Gasteiger charge is -2.33. The molecule has 4 rings (SSSR count). The van der Waals surface area contributed by atoms with Gasteiger partial charge in [-0.1, -0.05) is 69.3 Å². The van der Waals surface area contributed by atoms with Crippen molar-refractivity contribution in [1.82, 2.24) is 10.2 Å². The van der Waals surface area contributed by atoms with Crippen molar-refractivity contribution in [3.8, 4) is 11.1 Å². The van der Waals surface area contributed by atoms with Gasteiger partial charge in [-0.3, -0.25) is 9.59 Å². The minimum absolute atomic E-state index is 0.0505. The molecule has 2 amide bonds. The van der Waals surface area contributed by atoms with Crippen molar-refractivity contribution in [1.29, 1.82) is 0 Å². The van der Waals surface area contributed by atoms with Gasteiger partial charge < -0.3 is 20.1 Å². The van der Waals surface area contributed by atoms with Crippen molar-refractivity contribution in [2.24, 2.45) is 11.3 Å². The molecule has 0 saturated carbocycles. The highest BCUT2D eigenvalue weighted by molar-refractivity contribution is 5.87. The van der Waals surface area contributed by atoms with Gasteiger partial charge in [-0.05, 0) is 46.4 Å². The first-order chi connectivity index (χ1) is 16.6. The average molecular weight is 479 g/mol. The van der Waals surface area contributed by atoms with Gasteiger partial charge in [-0.2, -0.15) is 0 Å². The van der Waals surface area contributed by atoms with Crippen LogP contribution in [0.3, 0.4) is 0 Å². The van der Waals surface area contributed by atoms with Crippen LogP contribution in [0.5, 0.6) is 0 Å². The van der Waals surface area contributed by atoms with Crippen molar-refractivity contribution in [3.05, 3.63) is 59.7 Å². The summed E-state index contributed by atoms with van der Waals surface area (Å²) in [5.74, 6) is -0.848. The van der Waals surface area contributed by atoms with Crippen molar-refractivity contribution in [2.45, 2.75) is 52.0 Å². The number of amides is 2. The van der Waals surface area contributed by atoms with Crippen LogP contribution >= 0.6 is 0 Å². The quantitative estimate of drug-likeness (QED) is 0.604. The molecule has 1 fully saturated rings. The normalized spacial score (nSPS) is 18.0. The van der Waals surface area contributed by atoms with Gasteiger partial charge in [0.05, 0.1) is 0 Å². The predicted octanol–water partition coefficient (Wildman–Crippen LogP) is 4.65. The van der Waals surface area contributed by atoms with E-state index in [0.29, 0.717) is 19.5 Å². The van der Waals surface area contributed by atoms with Crippen LogP contribution in [0, 0.1) is 11.3 Å². The van der Waals surface area contributed by atoms with E-state index in [0.717, 1.165) is 28.7 Å². The number of ether oxygens (including phenoxy) is 1. The van der Waals surface area contributed by atoms with E-state index in [-0.39, 0.29) is 30.8 Å². The van der Waals surface area contributed by atoms with Crippen LogP contribution in [0.15, 0.2) is 48.5 Å². The molecule has 7 nitrogen and oxygen atoms in total. The van der Waals surface area contributed by atoms with Crippen LogP contribution < -0.4 is 5.32 Å². The van der Waals surface area contributed by atoms with Gasteiger partial charge in [-0.15, -0.1) is 0 Å². The van der Waals surface area contributed by atoms with E-state index in [1.807, 2.05) is 45.0 Å². The van der Waals surface area contributed by atoms with Crippen LogP contribution in [0.25, 0.3) is 11.1 Å². The third-order valence-corrected chi connectivity index (χ3v) is 7.08. The van der Waals surface area contributed by atoms with Gasteiger partial charge in [0.2, 0.25) is 5.91 Å². The van der Waals surface area contributed by atoms with E-state index in [9.17, 15) is 14.4 Å². The topological polar surface area (TPSA) is 95.9 Å². The van der Waals surface area contributed by atoms with E-state index in [1.54, 1.807) is 4.90 Å². The Morgan fingerprint density at radius 1 is 1.06 bits per heavy atom. The zero-order valence-corrected chi connectivity index (χ0v) is 20.6. The maximum atomic E-state index is 13.3. The molecular weight excluding hydrogens is 444 g/mol. The van der Waals surface area contributed by atoms with E-state index in [2.05, 4.69) is 29.6 Å². The number of hydrogen-bond acceptors (Lipinski definition) is 4. The molecule has 7 heteroatoms. The second kappa shape index (κ2) is 10.1. The summed E-state index contributed by atoms with van der Waals surface area (Å²) in [6, 6.07) is 15.6. The fourth-order valence-corrected chi connectivity index (χ4v) is 5.19. The average Bonchev–Trinajstić information content (AvgIpc) is 3.42. The molecule has 2 N–H and O–H groups in total. The lowest BCUT2D eigenvalue weighted by Crippen LogP contribution is -2.54. The number of likely N-dealkylation sites (tertiary alicyclic amines) is 1. The minimum atomic E-state index is -0.820. The van der Waals surface area contributed by atoms with Gasteiger partial charge >= 0.3 is 12.1 Å². The number of carbonyl (C=O) groups excluding carboxylic acids is 2. The molecule has 1 aliphatic heterocycles. The lowest BCUT2D eigenvalue weighted by atomic mass is 9.86. The molecule has 2 atom stereocenters. The standard InChI is InChI=1S/C28H34N2O5/c1-28(2,3)25(26(33)30-15-14-18(16-30)12-13-24(31)32)29-27(34)35-17-23-21-10-6-4-8-19(21)20-9-5-7-11-22(20)23/h4-11,18,23,25H,12-17H2,1-3H3,(H,29,34)(H,31,32)/t18?,25-/m1/s1. The van der Waals surface area contributed by atoms with E-state index in [1.165, 1.54) is 0 Å². The Bertz CT molecular complexity index is 1060. The first kappa shape index (κ1) is 24.8. The SMILES string of the molecule is CC(C)(C)[C@H](NC(=O)OCC1c2ccccc2-c2ccccc21)C(=O)N1CCC(CCC(=O)O)C1. The summed E-state index contributed by atoms with van der Waals surface area (Å²) in [5, 5.41) is 11.8. The zero-order chi connectivity index (χ0) is 25.2. The number of rotatable bonds is 7. The summed E-state index contributed by atoms with van der Waals surface area (Å²) >= 11 is 0.